The molecule has 1 amide bonds. The van der Waals surface area contributed by atoms with Crippen molar-refractivity contribution in [2.45, 2.75) is 26.4 Å². The van der Waals surface area contributed by atoms with Crippen LogP contribution in [0.15, 0.2) is 22.7 Å². The van der Waals surface area contributed by atoms with Gasteiger partial charge in [0.05, 0.1) is 19.6 Å². The van der Waals surface area contributed by atoms with Crippen LogP contribution in [0.5, 0.6) is 0 Å². The second kappa shape index (κ2) is 5.99. The third kappa shape index (κ3) is 3.01. The number of ether oxygens (including phenoxy) is 1. The van der Waals surface area contributed by atoms with Crippen molar-refractivity contribution in [2.75, 3.05) is 11.9 Å². The lowest BCUT2D eigenvalue weighted by molar-refractivity contribution is -0.115. The first-order chi connectivity index (χ1) is 10.1. The average molecular weight is 350 g/mol. The summed E-state index contributed by atoms with van der Waals surface area (Å²) in [5.41, 5.74) is 4.10. The Bertz CT molecular complexity index is 682. The molecule has 110 valence electrons. The van der Waals surface area contributed by atoms with Crippen molar-refractivity contribution < 1.29 is 9.53 Å². The van der Waals surface area contributed by atoms with Gasteiger partial charge in [-0.15, -0.1) is 0 Å². The van der Waals surface area contributed by atoms with E-state index in [1.165, 1.54) is 0 Å². The Kier molecular flexibility index (Phi) is 4.07. The Morgan fingerprint density at radius 2 is 2.38 bits per heavy atom. The van der Waals surface area contributed by atoms with E-state index in [-0.39, 0.29) is 5.91 Å². The summed E-state index contributed by atoms with van der Waals surface area (Å²) in [6.07, 6.45) is 1.14. The molecule has 0 aliphatic carbocycles. The molecular weight excluding hydrogens is 334 g/mol. The van der Waals surface area contributed by atoms with E-state index in [1.807, 2.05) is 25.1 Å². The topological polar surface area (TPSA) is 67.0 Å². The Labute approximate surface area is 131 Å². The van der Waals surface area contributed by atoms with Gasteiger partial charge in [-0.05, 0) is 24.1 Å². The van der Waals surface area contributed by atoms with Gasteiger partial charge in [-0.2, -0.15) is 5.10 Å². The first kappa shape index (κ1) is 14.3. The number of fused-ring (bicyclic) bond motifs is 1. The SMILES string of the molecule is Cc1c(Br)cccc1CC(=O)Nc1n[nH]c2c1COCC2. The largest absolute Gasteiger partial charge is 0.376 e. The maximum atomic E-state index is 12.2. The molecule has 3 rings (SSSR count). The number of anilines is 1. The summed E-state index contributed by atoms with van der Waals surface area (Å²) in [7, 11) is 0. The molecule has 0 atom stereocenters. The molecule has 6 heteroatoms. The lowest BCUT2D eigenvalue weighted by atomic mass is 10.1. The molecule has 2 N–H and O–H groups in total. The van der Waals surface area contributed by atoms with Crippen LogP contribution in [0.2, 0.25) is 0 Å². The molecule has 1 aromatic carbocycles. The highest BCUT2D eigenvalue weighted by molar-refractivity contribution is 9.10. The molecule has 0 radical (unpaired) electrons. The number of nitrogens with one attached hydrogen (secondary N) is 2. The Morgan fingerprint density at radius 3 is 3.24 bits per heavy atom. The van der Waals surface area contributed by atoms with E-state index in [4.69, 9.17) is 4.74 Å². The minimum atomic E-state index is -0.0731. The summed E-state index contributed by atoms with van der Waals surface area (Å²) in [6.45, 7) is 3.19. The van der Waals surface area contributed by atoms with Crippen molar-refractivity contribution >= 4 is 27.7 Å². The molecule has 1 aliphatic heterocycles. The van der Waals surface area contributed by atoms with Crippen LogP contribution in [-0.4, -0.2) is 22.7 Å². The second-order valence-electron chi connectivity index (χ2n) is 5.08. The maximum absolute atomic E-state index is 12.2. The summed E-state index contributed by atoms with van der Waals surface area (Å²) < 4.78 is 6.42. The molecule has 5 nitrogen and oxygen atoms in total. The van der Waals surface area contributed by atoms with Gasteiger partial charge >= 0.3 is 0 Å². The van der Waals surface area contributed by atoms with Crippen molar-refractivity contribution in [3.63, 3.8) is 0 Å². The molecule has 0 saturated heterocycles. The molecule has 1 aliphatic rings. The predicted octanol–water partition coefficient (Wildman–Crippen LogP) is 2.73. The van der Waals surface area contributed by atoms with E-state index in [2.05, 4.69) is 31.4 Å². The van der Waals surface area contributed by atoms with Crippen LogP contribution >= 0.6 is 15.9 Å². The fourth-order valence-electron chi connectivity index (χ4n) is 2.41. The highest BCUT2D eigenvalue weighted by Crippen LogP contribution is 2.23. The lowest BCUT2D eigenvalue weighted by Gasteiger charge is -2.13. The van der Waals surface area contributed by atoms with Crippen LogP contribution in [0.4, 0.5) is 5.82 Å². The monoisotopic (exact) mass is 349 g/mol. The molecule has 2 heterocycles. The Balaban J connectivity index is 1.72. The zero-order valence-corrected chi connectivity index (χ0v) is 13.3. The predicted molar refractivity (Wildman–Crippen MR) is 83.2 cm³/mol. The van der Waals surface area contributed by atoms with Gasteiger partial charge in [0.2, 0.25) is 5.91 Å². The number of benzene rings is 1. The number of hydrogen-bond donors (Lipinski definition) is 2. The molecule has 0 bridgehead atoms. The number of hydrogen-bond acceptors (Lipinski definition) is 3. The molecule has 21 heavy (non-hydrogen) atoms. The zero-order valence-electron chi connectivity index (χ0n) is 11.7. The first-order valence-corrected chi connectivity index (χ1v) is 7.62. The molecule has 0 saturated carbocycles. The quantitative estimate of drug-likeness (QED) is 0.895. The number of carbonyl (C=O) groups is 1. The number of aromatic amines is 1. The van der Waals surface area contributed by atoms with Gasteiger partial charge in [-0.1, -0.05) is 28.1 Å². The van der Waals surface area contributed by atoms with Crippen LogP contribution in [-0.2, 0) is 29.0 Å². The second-order valence-corrected chi connectivity index (χ2v) is 5.94. The number of carbonyl (C=O) groups excluding carboxylic acids is 1. The maximum Gasteiger partial charge on any atom is 0.230 e. The molecule has 0 fully saturated rings. The highest BCUT2D eigenvalue weighted by atomic mass is 79.9. The van der Waals surface area contributed by atoms with Crippen LogP contribution in [0.25, 0.3) is 0 Å². The van der Waals surface area contributed by atoms with Crippen LogP contribution in [0, 0.1) is 6.92 Å². The van der Waals surface area contributed by atoms with Crippen molar-refractivity contribution in [2.24, 2.45) is 0 Å². The Morgan fingerprint density at radius 1 is 1.52 bits per heavy atom. The zero-order chi connectivity index (χ0) is 14.8. The van der Waals surface area contributed by atoms with Gasteiger partial charge in [0, 0.05) is 22.2 Å². The van der Waals surface area contributed by atoms with E-state index in [0.29, 0.717) is 25.5 Å². The first-order valence-electron chi connectivity index (χ1n) is 6.83. The van der Waals surface area contributed by atoms with E-state index < -0.39 is 0 Å². The number of rotatable bonds is 3. The minimum absolute atomic E-state index is 0.0731. The van der Waals surface area contributed by atoms with E-state index in [1.54, 1.807) is 0 Å². The van der Waals surface area contributed by atoms with Crippen LogP contribution in [0.1, 0.15) is 22.4 Å². The molecule has 1 aromatic heterocycles. The van der Waals surface area contributed by atoms with Gasteiger partial charge in [0.25, 0.3) is 0 Å². The highest BCUT2D eigenvalue weighted by Gasteiger charge is 2.19. The third-order valence-electron chi connectivity index (χ3n) is 3.68. The molecule has 0 spiro atoms. The number of nitrogens with zero attached hydrogens (tertiary/aromatic N) is 1. The smallest absolute Gasteiger partial charge is 0.230 e. The van der Waals surface area contributed by atoms with Gasteiger partial charge in [-0.25, -0.2) is 0 Å². The number of H-pyrrole nitrogens is 1. The van der Waals surface area contributed by atoms with Crippen LogP contribution in [0.3, 0.4) is 0 Å². The summed E-state index contributed by atoms with van der Waals surface area (Å²) in [6, 6.07) is 5.87. The van der Waals surface area contributed by atoms with Gasteiger partial charge in [0.1, 0.15) is 0 Å². The lowest BCUT2D eigenvalue weighted by Crippen LogP contribution is -2.17. The fraction of sp³-hybridized carbons (Fsp3) is 0.333. The summed E-state index contributed by atoms with van der Waals surface area (Å²) in [4.78, 5) is 12.2. The number of aromatic nitrogens is 2. The van der Waals surface area contributed by atoms with Gasteiger partial charge < -0.3 is 10.1 Å². The van der Waals surface area contributed by atoms with Crippen molar-refractivity contribution in [3.8, 4) is 0 Å². The van der Waals surface area contributed by atoms with Crippen LogP contribution < -0.4 is 5.32 Å². The number of halogens is 1. The van der Waals surface area contributed by atoms with Gasteiger partial charge in [0.15, 0.2) is 5.82 Å². The van der Waals surface area contributed by atoms with Crippen molar-refractivity contribution in [1.82, 2.24) is 10.2 Å². The minimum Gasteiger partial charge on any atom is -0.376 e. The van der Waals surface area contributed by atoms with Gasteiger partial charge in [-0.3, -0.25) is 9.89 Å². The third-order valence-corrected chi connectivity index (χ3v) is 4.54. The molecule has 2 aromatic rings. The van der Waals surface area contributed by atoms with Crippen molar-refractivity contribution in [1.29, 1.82) is 0 Å². The average Bonchev–Trinajstić information content (AvgIpc) is 2.87. The molecule has 0 unspecified atom stereocenters. The normalized spacial score (nSPS) is 13.8. The Hall–Kier alpha value is -1.66. The summed E-state index contributed by atoms with van der Waals surface area (Å²) >= 11 is 3.48. The fourth-order valence-corrected chi connectivity index (χ4v) is 2.82. The van der Waals surface area contributed by atoms with E-state index in [0.717, 1.165) is 33.3 Å². The molecular formula is C15H16BrN3O2. The standard InChI is InChI=1S/C15H16BrN3O2/c1-9-10(3-2-4-12(9)16)7-14(20)17-15-11-8-21-6-5-13(11)18-19-15/h2-4H,5-8H2,1H3,(H2,17,18,19,20). The summed E-state index contributed by atoms with van der Waals surface area (Å²) in [5, 5.41) is 10.0. The van der Waals surface area contributed by atoms with Crippen molar-refractivity contribution in [3.05, 3.63) is 45.1 Å². The van der Waals surface area contributed by atoms with E-state index in [9.17, 15) is 4.79 Å². The summed E-state index contributed by atoms with van der Waals surface area (Å²) in [5.74, 6) is 0.512. The number of amides is 1. The van der Waals surface area contributed by atoms with E-state index >= 15 is 0 Å².